The van der Waals surface area contributed by atoms with Gasteiger partial charge in [-0.1, -0.05) is 15.9 Å². The molecule has 1 aromatic rings. The number of benzene rings is 1. The van der Waals surface area contributed by atoms with Crippen LogP contribution >= 0.6 is 28.1 Å². The third-order valence-corrected chi connectivity index (χ3v) is 4.82. The lowest BCUT2D eigenvalue weighted by Crippen LogP contribution is -2.52. The van der Waals surface area contributed by atoms with Gasteiger partial charge in [0.05, 0.1) is 13.2 Å². The number of carbonyl (C=O) groups is 2. The van der Waals surface area contributed by atoms with E-state index in [9.17, 15) is 9.59 Å². The van der Waals surface area contributed by atoms with Crippen molar-refractivity contribution in [3.63, 3.8) is 0 Å². The Bertz CT molecular complexity index is 750. The summed E-state index contributed by atoms with van der Waals surface area (Å²) in [5, 5.41) is 0.171. The minimum Gasteiger partial charge on any atom is -0.493 e. The molecular formula is C17H19BrN2O4S. The van der Waals surface area contributed by atoms with Crippen LogP contribution in [-0.4, -0.2) is 54.0 Å². The molecule has 1 aliphatic rings. The van der Waals surface area contributed by atoms with Crippen LogP contribution in [0.1, 0.15) is 19.4 Å². The molecule has 6 nitrogen and oxygen atoms in total. The van der Waals surface area contributed by atoms with Gasteiger partial charge in [0, 0.05) is 18.6 Å². The fourth-order valence-electron chi connectivity index (χ4n) is 2.30. The number of nitrogens with zero attached hydrogens (tertiary/aromatic N) is 2. The molecule has 0 N–H and O–H groups in total. The van der Waals surface area contributed by atoms with Gasteiger partial charge in [0.2, 0.25) is 0 Å². The average Bonchev–Trinajstić information content (AvgIpc) is 2.56. The number of amides is 2. The molecule has 2 amide bonds. The number of hydrogen-bond donors (Lipinski definition) is 0. The zero-order valence-electron chi connectivity index (χ0n) is 14.6. The molecule has 1 aromatic carbocycles. The van der Waals surface area contributed by atoms with Gasteiger partial charge in [0.1, 0.15) is 5.57 Å². The highest BCUT2D eigenvalue weighted by molar-refractivity contribution is 9.10. The Morgan fingerprint density at radius 1 is 1.12 bits per heavy atom. The summed E-state index contributed by atoms with van der Waals surface area (Å²) in [5.74, 6) is 0.197. The highest BCUT2D eigenvalue weighted by Gasteiger charge is 2.35. The van der Waals surface area contributed by atoms with E-state index in [2.05, 4.69) is 15.9 Å². The van der Waals surface area contributed by atoms with E-state index in [1.54, 1.807) is 12.1 Å². The molecule has 25 heavy (non-hydrogen) atoms. The number of ether oxygens (including phenoxy) is 2. The van der Waals surface area contributed by atoms with Crippen molar-refractivity contribution < 1.29 is 19.1 Å². The Hall–Kier alpha value is -1.93. The van der Waals surface area contributed by atoms with E-state index >= 15 is 0 Å². The van der Waals surface area contributed by atoms with Crippen LogP contribution in [0.4, 0.5) is 0 Å². The minimum absolute atomic E-state index is 0.0187. The van der Waals surface area contributed by atoms with Gasteiger partial charge in [-0.15, -0.1) is 0 Å². The Morgan fingerprint density at radius 3 is 2.16 bits per heavy atom. The van der Waals surface area contributed by atoms with Gasteiger partial charge in [0.15, 0.2) is 16.6 Å². The van der Waals surface area contributed by atoms with Crippen molar-refractivity contribution in [3.05, 3.63) is 27.7 Å². The van der Waals surface area contributed by atoms with Gasteiger partial charge in [-0.25, -0.2) is 0 Å². The molecule has 0 spiro atoms. The Balaban J connectivity index is 2.51. The summed E-state index contributed by atoms with van der Waals surface area (Å²) in [6.45, 7) is 3.83. The maximum atomic E-state index is 12.4. The Morgan fingerprint density at radius 2 is 1.68 bits per heavy atom. The zero-order chi connectivity index (χ0) is 18.9. The van der Waals surface area contributed by atoms with Crippen LogP contribution in [0.5, 0.6) is 11.5 Å². The van der Waals surface area contributed by atoms with E-state index in [1.165, 1.54) is 37.1 Å². The number of hydrogen-bond acceptors (Lipinski definition) is 5. The van der Waals surface area contributed by atoms with E-state index in [0.29, 0.717) is 21.5 Å². The molecule has 0 saturated carbocycles. The first-order chi connectivity index (χ1) is 11.7. The van der Waals surface area contributed by atoms with Crippen LogP contribution in [0.25, 0.3) is 6.08 Å². The molecule has 2 rings (SSSR count). The molecule has 1 saturated heterocycles. The molecule has 0 aliphatic carbocycles. The lowest BCUT2D eigenvalue weighted by atomic mass is 10.1. The van der Waals surface area contributed by atoms with E-state index < -0.39 is 11.8 Å². The molecule has 0 aromatic heterocycles. The molecule has 1 heterocycles. The van der Waals surface area contributed by atoms with Gasteiger partial charge in [-0.3, -0.25) is 19.4 Å². The first-order valence-electron chi connectivity index (χ1n) is 7.53. The molecule has 134 valence electrons. The predicted octanol–water partition coefficient (Wildman–Crippen LogP) is 2.84. The van der Waals surface area contributed by atoms with Crippen molar-refractivity contribution in [2.24, 2.45) is 0 Å². The van der Waals surface area contributed by atoms with Crippen LogP contribution < -0.4 is 9.47 Å². The number of rotatable bonds is 4. The van der Waals surface area contributed by atoms with Crippen LogP contribution in [0.2, 0.25) is 0 Å². The van der Waals surface area contributed by atoms with Gasteiger partial charge in [0.25, 0.3) is 11.8 Å². The topological polar surface area (TPSA) is 59.1 Å². The summed E-state index contributed by atoms with van der Waals surface area (Å²) >= 11 is 8.54. The summed E-state index contributed by atoms with van der Waals surface area (Å²) in [6, 6.07) is 3.46. The lowest BCUT2D eigenvalue weighted by molar-refractivity contribution is -0.132. The standard InChI is InChI=1S/C17H19BrN2O4S/c1-9(2)24-14-8-12(18)10(7-13(14)23-5)6-11-15(21)19(3)17(25)20(4)16(11)22/h6-9H,1-5H3. The van der Waals surface area contributed by atoms with E-state index in [0.717, 1.165) is 0 Å². The SMILES string of the molecule is COc1cc(C=C2C(=O)N(C)C(=S)N(C)C2=O)c(Br)cc1OC(C)C. The third kappa shape index (κ3) is 3.85. The van der Waals surface area contributed by atoms with E-state index in [4.69, 9.17) is 21.7 Å². The summed E-state index contributed by atoms with van der Waals surface area (Å²) in [4.78, 5) is 27.4. The first-order valence-corrected chi connectivity index (χ1v) is 8.73. The summed E-state index contributed by atoms with van der Waals surface area (Å²) in [5.41, 5.74) is 0.651. The average molecular weight is 427 g/mol. The number of carbonyl (C=O) groups excluding carboxylic acids is 2. The molecule has 0 unspecified atom stereocenters. The van der Waals surface area contributed by atoms with Crippen molar-refractivity contribution >= 4 is 51.2 Å². The molecule has 0 radical (unpaired) electrons. The van der Waals surface area contributed by atoms with Gasteiger partial charge >= 0.3 is 0 Å². The quantitative estimate of drug-likeness (QED) is 0.420. The number of methoxy groups -OCH3 is 1. The fourth-order valence-corrected chi connectivity index (χ4v) is 2.90. The highest BCUT2D eigenvalue weighted by atomic mass is 79.9. The van der Waals surface area contributed by atoms with Crippen molar-refractivity contribution in [1.82, 2.24) is 9.80 Å². The van der Waals surface area contributed by atoms with Gasteiger partial charge < -0.3 is 9.47 Å². The second-order valence-electron chi connectivity index (χ2n) is 5.76. The zero-order valence-corrected chi connectivity index (χ0v) is 17.0. The molecule has 0 bridgehead atoms. The fraction of sp³-hybridized carbons (Fsp3) is 0.353. The van der Waals surface area contributed by atoms with Gasteiger partial charge in [-0.2, -0.15) is 0 Å². The van der Waals surface area contributed by atoms with Gasteiger partial charge in [-0.05, 0) is 49.8 Å². The van der Waals surface area contributed by atoms with Crippen LogP contribution in [-0.2, 0) is 9.59 Å². The second kappa shape index (κ2) is 7.53. The molecule has 1 fully saturated rings. The Kier molecular flexibility index (Phi) is 5.84. The maximum Gasteiger partial charge on any atom is 0.265 e. The monoisotopic (exact) mass is 426 g/mol. The highest BCUT2D eigenvalue weighted by Crippen LogP contribution is 2.35. The summed E-state index contributed by atoms with van der Waals surface area (Å²) in [7, 11) is 4.61. The predicted molar refractivity (Wildman–Crippen MR) is 103 cm³/mol. The van der Waals surface area contributed by atoms with E-state index in [1.807, 2.05) is 13.8 Å². The van der Waals surface area contributed by atoms with Crippen LogP contribution in [0.3, 0.4) is 0 Å². The third-order valence-electron chi connectivity index (χ3n) is 3.59. The maximum absolute atomic E-state index is 12.4. The van der Waals surface area contributed by atoms with Crippen LogP contribution in [0, 0.1) is 0 Å². The number of likely N-dealkylation sites (N-methyl/N-ethyl adjacent to an activating group) is 2. The first kappa shape index (κ1) is 19.4. The van der Waals surface area contributed by atoms with Crippen molar-refractivity contribution in [2.75, 3.05) is 21.2 Å². The summed E-state index contributed by atoms with van der Waals surface area (Å²) < 4.78 is 11.7. The molecular weight excluding hydrogens is 408 g/mol. The second-order valence-corrected chi connectivity index (χ2v) is 6.98. The largest absolute Gasteiger partial charge is 0.493 e. The lowest BCUT2D eigenvalue weighted by Gasteiger charge is -2.31. The van der Waals surface area contributed by atoms with Crippen molar-refractivity contribution in [1.29, 1.82) is 0 Å². The summed E-state index contributed by atoms with van der Waals surface area (Å²) in [6.07, 6.45) is 1.50. The number of halogens is 1. The molecule has 1 aliphatic heterocycles. The van der Waals surface area contributed by atoms with Crippen LogP contribution in [0.15, 0.2) is 22.2 Å². The Labute approximate surface area is 160 Å². The normalized spacial score (nSPS) is 15.2. The number of thiocarbonyl (C=S) groups is 1. The van der Waals surface area contributed by atoms with E-state index in [-0.39, 0.29) is 16.8 Å². The van der Waals surface area contributed by atoms with Crippen molar-refractivity contribution in [2.45, 2.75) is 20.0 Å². The minimum atomic E-state index is -0.443. The molecule has 0 atom stereocenters. The van der Waals surface area contributed by atoms with Crippen molar-refractivity contribution in [3.8, 4) is 11.5 Å². The molecule has 8 heteroatoms. The smallest absolute Gasteiger partial charge is 0.265 e.